The third-order valence-electron chi connectivity index (χ3n) is 3.01. The van der Waals surface area contributed by atoms with Crippen LogP contribution in [0.4, 0.5) is 5.69 Å². The quantitative estimate of drug-likeness (QED) is 0.626. The van der Waals surface area contributed by atoms with E-state index in [1.165, 1.54) is 12.1 Å². The maximum Gasteiger partial charge on any atom is 0.269 e. The highest BCUT2D eigenvalue weighted by molar-refractivity contribution is 5.33. The highest BCUT2D eigenvalue weighted by atomic mass is 16.6. The van der Waals surface area contributed by atoms with E-state index in [9.17, 15) is 10.1 Å². The highest BCUT2D eigenvalue weighted by Crippen LogP contribution is 2.14. The number of hydrogen-bond acceptors (Lipinski definition) is 4. The van der Waals surface area contributed by atoms with Crippen LogP contribution in [0, 0.1) is 10.1 Å². The van der Waals surface area contributed by atoms with Gasteiger partial charge in [-0.2, -0.15) is 0 Å². The fourth-order valence-corrected chi connectivity index (χ4v) is 2.00. The van der Waals surface area contributed by atoms with Gasteiger partial charge in [0.2, 0.25) is 0 Å². The second kappa shape index (κ2) is 7.40. The van der Waals surface area contributed by atoms with Crippen molar-refractivity contribution in [2.45, 2.75) is 20.0 Å². The lowest BCUT2D eigenvalue weighted by atomic mass is 10.2. The fourth-order valence-electron chi connectivity index (χ4n) is 2.00. The SMILES string of the molecule is CCOc1cccc(CNCc2ccc([N+](=O)[O-])cc2)c1. The molecule has 0 aliphatic carbocycles. The third-order valence-corrected chi connectivity index (χ3v) is 3.01. The van der Waals surface area contributed by atoms with Gasteiger partial charge in [0.1, 0.15) is 5.75 Å². The maximum absolute atomic E-state index is 10.6. The normalized spacial score (nSPS) is 10.3. The van der Waals surface area contributed by atoms with Crippen LogP contribution < -0.4 is 10.1 Å². The van der Waals surface area contributed by atoms with Crippen LogP contribution in [-0.4, -0.2) is 11.5 Å². The Morgan fingerprint density at radius 3 is 2.48 bits per heavy atom. The smallest absolute Gasteiger partial charge is 0.269 e. The van der Waals surface area contributed by atoms with E-state index in [0.29, 0.717) is 13.2 Å². The molecule has 2 rings (SSSR count). The van der Waals surface area contributed by atoms with Crippen LogP contribution in [0.25, 0.3) is 0 Å². The van der Waals surface area contributed by atoms with Crippen molar-refractivity contribution in [3.63, 3.8) is 0 Å². The summed E-state index contributed by atoms with van der Waals surface area (Å²) in [6.07, 6.45) is 0. The average Bonchev–Trinajstić information content (AvgIpc) is 2.48. The molecule has 1 N–H and O–H groups in total. The van der Waals surface area contributed by atoms with Gasteiger partial charge in [-0.25, -0.2) is 0 Å². The number of non-ortho nitro benzene ring substituents is 1. The van der Waals surface area contributed by atoms with Gasteiger partial charge < -0.3 is 10.1 Å². The van der Waals surface area contributed by atoms with E-state index in [-0.39, 0.29) is 5.69 Å². The molecule has 0 aromatic heterocycles. The number of benzene rings is 2. The predicted octanol–water partition coefficient (Wildman–Crippen LogP) is 3.28. The standard InChI is InChI=1S/C16H18N2O3/c1-2-21-16-5-3-4-14(10-16)12-17-11-13-6-8-15(9-7-13)18(19)20/h3-10,17H,2,11-12H2,1H3. The zero-order valence-electron chi connectivity index (χ0n) is 11.9. The molecule has 0 spiro atoms. The van der Waals surface area contributed by atoms with Crippen LogP contribution >= 0.6 is 0 Å². The zero-order valence-corrected chi connectivity index (χ0v) is 11.9. The van der Waals surface area contributed by atoms with Crippen LogP contribution in [0.3, 0.4) is 0 Å². The second-order valence-corrected chi connectivity index (χ2v) is 4.61. The average molecular weight is 286 g/mol. The minimum atomic E-state index is -0.392. The Balaban J connectivity index is 1.86. The zero-order chi connectivity index (χ0) is 15.1. The van der Waals surface area contributed by atoms with Crippen molar-refractivity contribution in [3.05, 3.63) is 69.8 Å². The lowest BCUT2D eigenvalue weighted by molar-refractivity contribution is -0.384. The van der Waals surface area contributed by atoms with E-state index in [0.717, 1.165) is 23.4 Å². The minimum Gasteiger partial charge on any atom is -0.494 e. The molecule has 0 heterocycles. The fraction of sp³-hybridized carbons (Fsp3) is 0.250. The summed E-state index contributed by atoms with van der Waals surface area (Å²) in [5.41, 5.74) is 2.27. The molecule has 2 aromatic carbocycles. The predicted molar refractivity (Wildman–Crippen MR) is 81.3 cm³/mol. The number of nitro benzene ring substituents is 1. The van der Waals surface area contributed by atoms with Gasteiger partial charge >= 0.3 is 0 Å². The first kappa shape index (κ1) is 15.0. The monoisotopic (exact) mass is 286 g/mol. The number of nitrogens with zero attached hydrogens (tertiary/aromatic N) is 1. The summed E-state index contributed by atoms with van der Waals surface area (Å²) in [7, 11) is 0. The maximum atomic E-state index is 10.6. The number of ether oxygens (including phenoxy) is 1. The van der Waals surface area contributed by atoms with Crippen molar-refractivity contribution >= 4 is 5.69 Å². The van der Waals surface area contributed by atoms with Crippen molar-refractivity contribution in [3.8, 4) is 5.75 Å². The molecule has 0 bridgehead atoms. The molecule has 0 saturated carbocycles. The molecule has 21 heavy (non-hydrogen) atoms. The third kappa shape index (κ3) is 4.57. The Hall–Kier alpha value is -2.40. The summed E-state index contributed by atoms with van der Waals surface area (Å²) in [6, 6.07) is 14.5. The lowest BCUT2D eigenvalue weighted by Crippen LogP contribution is -2.12. The molecule has 0 radical (unpaired) electrons. The highest BCUT2D eigenvalue weighted by Gasteiger charge is 2.03. The van der Waals surface area contributed by atoms with Crippen molar-refractivity contribution in [1.82, 2.24) is 5.32 Å². The molecule has 2 aromatic rings. The largest absolute Gasteiger partial charge is 0.494 e. The molecule has 0 aliphatic rings. The van der Waals surface area contributed by atoms with Gasteiger partial charge in [0, 0.05) is 25.2 Å². The number of hydrogen-bond donors (Lipinski definition) is 1. The van der Waals surface area contributed by atoms with E-state index >= 15 is 0 Å². The number of rotatable bonds is 7. The van der Waals surface area contributed by atoms with Gasteiger partial charge in [0.15, 0.2) is 0 Å². The van der Waals surface area contributed by atoms with E-state index in [4.69, 9.17) is 4.74 Å². The topological polar surface area (TPSA) is 64.4 Å². The van der Waals surface area contributed by atoms with Gasteiger partial charge in [-0.1, -0.05) is 24.3 Å². The molecular formula is C16H18N2O3. The molecule has 0 atom stereocenters. The molecule has 0 amide bonds. The molecule has 110 valence electrons. The van der Waals surface area contributed by atoms with Crippen LogP contribution in [0.15, 0.2) is 48.5 Å². The first-order valence-corrected chi connectivity index (χ1v) is 6.85. The molecular weight excluding hydrogens is 268 g/mol. The lowest BCUT2D eigenvalue weighted by Gasteiger charge is -2.07. The summed E-state index contributed by atoms with van der Waals surface area (Å²) in [6.45, 7) is 3.99. The van der Waals surface area contributed by atoms with Gasteiger partial charge in [-0.3, -0.25) is 10.1 Å². The van der Waals surface area contributed by atoms with E-state index in [2.05, 4.69) is 5.32 Å². The molecule has 0 unspecified atom stereocenters. The van der Waals surface area contributed by atoms with E-state index in [1.54, 1.807) is 12.1 Å². The number of nitrogens with one attached hydrogen (secondary N) is 1. The summed E-state index contributed by atoms with van der Waals surface area (Å²) in [5, 5.41) is 13.9. The van der Waals surface area contributed by atoms with Crippen molar-refractivity contribution in [1.29, 1.82) is 0 Å². The molecule has 0 saturated heterocycles. The second-order valence-electron chi connectivity index (χ2n) is 4.61. The van der Waals surface area contributed by atoms with Crippen molar-refractivity contribution in [2.24, 2.45) is 0 Å². The Morgan fingerprint density at radius 1 is 1.10 bits per heavy atom. The first-order valence-electron chi connectivity index (χ1n) is 6.85. The van der Waals surface area contributed by atoms with Crippen LogP contribution in [0.5, 0.6) is 5.75 Å². The molecule has 0 fully saturated rings. The Bertz CT molecular complexity index is 597. The van der Waals surface area contributed by atoms with E-state index < -0.39 is 4.92 Å². The molecule has 5 heteroatoms. The Labute approximate surface area is 123 Å². The van der Waals surface area contributed by atoms with Crippen molar-refractivity contribution in [2.75, 3.05) is 6.61 Å². The minimum absolute atomic E-state index is 0.114. The summed E-state index contributed by atoms with van der Waals surface area (Å²) >= 11 is 0. The molecule has 0 aliphatic heterocycles. The van der Waals surface area contributed by atoms with Crippen LogP contribution in [0.2, 0.25) is 0 Å². The van der Waals surface area contributed by atoms with Gasteiger partial charge in [0.25, 0.3) is 5.69 Å². The van der Waals surface area contributed by atoms with Crippen molar-refractivity contribution < 1.29 is 9.66 Å². The Kier molecular flexibility index (Phi) is 5.29. The Morgan fingerprint density at radius 2 is 1.81 bits per heavy atom. The van der Waals surface area contributed by atoms with Gasteiger partial charge in [-0.15, -0.1) is 0 Å². The summed E-state index contributed by atoms with van der Waals surface area (Å²) < 4.78 is 5.46. The summed E-state index contributed by atoms with van der Waals surface area (Å²) in [5.74, 6) is 0.868. The van der Waals surface area contributed by atoms with Gasteiger partial charge in [0.05, 0.1) is 11.5 Å². The van der Waals surface area contributed by atoms with E-state index in [1.807, 2.05) is 31.2 Å². The summed E-state index contributed by atoms with van der Waals surface area (Å²) in [4.78, 5) is 10.2. The van der Waals surface area contributed by atoms with Crippen LogP contribution in [-0.2, 0) is 13.1 Å². The molecule has 5 nitrogen and oxygen atoms in total. The number of nitro groups is 1. The van der Waals surface area contributed by atoms with Crippen LogP contribution in [0.1, 0.15) is 18.1 Å². The van der Waals surface area contributed by atoms with Gasteiger partial charge in [-0.05, 0) is 30.2 Å². The first-order chi connectivity index (χ1) is 10.2.